The van der Waals surface area contributed by atoms with Crippen LogP contribution in [0.2, 0.25) is 0 Å². The molecule has 0 fully saturated rings. The summed E-state index contributed by atoms with van der Waals surface area (Å²) in [4.78, 5) is 20.8. The average Bonchev–Trinajstić information content (AvgIpc) is 2.74. The number of thioether (sulfide) groups is 1. The van der Waals surface area contributed by atoms with Crippen molar-refractivity contribution in [2.45, 2.75) is 17.0 Å². The first-order valence-electron chi connectivity index (χ1n) is 9.07. The van der Waals surface area contributed by atoms with Crippen LogP contribution in [0.25, 0.3) is 11.3 Å². The lowest BCUT2D eigenvalue weighted by Gasteiger charge is -2.30. The van der Waals surface area contributed by atoms with Gasteiger partial charge in [-0.2, -0.15) is 0 Å². The lowest BCUT2D eigenvalue weighted by molar-refractivity contribution is -0.113. The largest absolute Gasteiger partial charge is 0.325 e. The summed E-state index contributed by atoms with van der Waals surface area (Å²) in [5.74, 6) is -0.675. The molecule has 0 bridgehead atoms. The van der Waals surface area contributed by atoms with Crippen molar-refractivity contribution in [1.29, 1.82) is 0 Å². The fourth-order valence-electron chi connectivity index (χ4n) is 3.15. The number of nitrogens with zero attached hydrogens (tertiary/aromatic N) is 3. The van der Waals surface area contributed by atoms with Gasteiger partial charge in [0.2, 0.25) is 5.91 Å². The van der Waals surface area contributed by atoms with Crippen LogP contribution in [0.15, 0.2) is 64.8 Å². The van der Waals surface area contributed by atoms with Gasteiger partial charge in [0.25, 0.3) is 10.0 Å². The summed E-state index contributed by atoms with van der Waals surface area (Å²) < 4.78 is 40.2. The van der Waals surface area contributed by atoms with Gasteiger partial charge < -0.3 is 5.32 Å². The van der Waals surface area contributed by atoms with E-state index in [1.54, 1.807) is 19.1 Å². The van der Waals surface area contributed by atoms with Crippen molar-refractivity contribution in [3.8, 4) is 11.3 Å². The Bertz CT molecular complexity index is 1220. The van der Waals surface area contributed by atoms with Crippen LogP contribution in [0, 0.1) is 5.82 Å². The molecular weight excluding hydrogens is 427 g/mol. The normalized spacial score (nSPS) is 14.0. The Morgan fingerprint density at radius 1 is 1.17 bits per heavy atom. The quantitative estimate of drug-likeness (QED) is 0.478. The number of hydrogen-bond acceptors (Lipinski definition) is 6. The molecule has 1 amide bonds. The maximum Gasteiger partial charge on any atom is 0.268 e. The van der Waals surface area contributed by atoms with Crippen molar-refractivity contribution in [3.05, 3.63) is 60.5 Å². The van der Waals surface area contributed by atoms with Crippen molar-refractivity contribution < 1.29 is 17.6 Å². The molecule has 154 valence electrons. The average molecular weight is 445 g/mol. The number of benzene rings is 2. The first-order valence-corrected chi connectivity index (χ1v) is 11.5. The Morgan fingerprint density at radius 3 is 2.63 bits per heavy atom. The maximum absolute atomic E-state index is 13.0. The van der Waals surface area contributed by atoms with E-state index in [2.05, 4.69) is 15.3 Å². The number of halogens is 1. The lowest BCUT2D eigenvalue weighted by atomic mass is 10.1. The number of carbonyl (C=O) groups excluding carboxylic acids is 1. The van der Waals surface area contributed by atoms with Crippen LogP contribution >= 0.6 is 11.8 Å². The maximum atomic E-state index is 13.0. The predicted molar refractivity (Wildman–Crippen MR) is 113 cm³/mol. The van der Waals surface area contributed by atoms with E-state index in [0.29, 0.717) is 29.2 Å². The third kappa shape index (κ3) is 3.75. The second-order valence-corrected chi connectivity index (χ2v) is 9.17. The molecule has 0 aliphatic carbocycles. The van der Waals surface area contributed by atoms with Crippen LogP contribution in [0.1, 0.15) is 6.92 Å². The topological polar surface area (TPSA) is 92.3 Å². The summed E-state index contributed by atoms with van der Waals surface area (Å²) >= 11 is 1.09. The molecule has 10 heteroatoms. The molecule has 0 saturated carbocycles. The first-order chi connectivity index (χ1) is 14.4. The molecule has 1 N–H and O–H groups in total. The van der Waals surface area contributed by atoms with Crippen molar-refractivity contribution >= 4 is 39.1 Å². The Labute approximate surface area is 177 Å². The van der Waals surface area contributed by atoms with Gasteiger partial charge in [-0.3, -0.25) is 9.10 Å². The lowest BCUT2D eigenvalue weighted by Crippen LogP contribution is -2.34. The van der Waals surface area contributed by atoms with E-state index in [-0.39, 0.29) is 27.5 Å². The van der Waals surface area contributed by atoms with Crippen molar-refractivity contribution in [1.82, 2.24) is 9.97 Å². The summed E-state index contributed by atoms with van der Waals surface area (Å²) in [6.45, 7) is 2.06. The standard InChI is InChI=1S/C20H17FN4O3S2/c1-2-25-16-6-4-3-5-15(16)19-17(30(25,27)28)11-22-20(24-19)29-12-18(26)23-14-9-7-13(21)8-10-14/h3-11H,2,12H2,1H3,(H,23,26). The number of nitrogens with one attached hydrogen (secondary N) is 1. The van der Waals surface area contributed by atoms with Crippen LogP contribution in [-0.2, 0) is 14.8 Å². The molecule has 1 aliphatic heterocycles. The van der Waals surface area contributed by atoms with E-state index >= 15 is 0 Å². The van der Waals surface area contributed by atoms with Gasteiger partial charge in [-0.25, -0.2) is 22.8 Å². The molecule has 0 spiro atoms. The Morgan fingerprint density at radius 2 is 1.90 bits per heavy atom. The van der Waals surface area contributed by atoms with Gasteiger partial charge in [0.15, 0.2) is 5.16 Å². The van der Waals surface area contributed by atoms with Gasteiger partial charge in [0, 0.05) is 17.8 Å². The number of fused-ring (bicyclic) bond motifs is 3. The summed E-state index contributed by atoms with van der Waals surface area (Å²) in [7, 11) is -3.75. The van der Waals surface area contributed by atoms with Gasteiger partial charge in [-0.15, -0.1) is 0 Å². The van der Waals surface area contributed by atoms with Gasteiger partial charge in [0.1, 0.15) is 10.7 Å². The minimum atomic E-state index is -3.75. The predicted octanol–water partition coefficient (Wildman–Crippen LogP) is 3.54. The summed E-state index contributed by atoms with van der Waals surface area (Å²) in [5.41, 5.74) is 2.07. The molecule has 0 radical (unpaired) electrons. The highest BCUT2D eigenvalue weighted by molar-refractivity contribution is 7.99. The third-order valence-electron chi connectivity index (χ3n) is 4.48. The monoisotopic (exact) mass is 444 g/mol. The molecular formula is C20H17FN4O3S2. The molecule has 2 aromatic carbocycles. The highest BCUT2D eigenvalue weighted by Gasteiger charge is 2.35. The second-order valence-electron chi connectivity index (χ2n) is 6.40. The van der Waals surface area contributed by atoms with Gasteiger partial charge >= 0.3 is 0 Å². The van der Waals surface area contributed by atoms with E-state index in [0.717, 1.165) is 11.8 Å². The number of hydrogen-bond donors (Lipinski definition) is 1. The Kier molecular flexibility index (Phi) is 5.44. The van der Waals surface area contributed by atoms with E-state index in [9.17, 15) is 17.6 Å². The molecule has 0 saturated heterocycles. The molecule has 1 aliphatic rings. The van der Waals surface area contributed by atoms with E-state index in [1.165, 1.54) is 34.8 Å². The highest BCUT2D eigenvalue weighted by Crippen LogP contribution is 2.41. The van der Waals surface area contributed by atoms with Crippen LogP contribution in [-0.4, -0.2) is 36.6 Å². The molecule has 1 aromatic heterocycles. The second kappa shape index (κ2) is 8.04. The smallest absolute Gasteiger partial charge is 0.268 e. The molecule has 3 aromatic rings. The number of amides is 1. The minimum Gasteiger partial charge on any atom is -0.325 e. The van der Waals surface area contributed by atoms with Gasteiger partial charge in [0.05, 0.1) is 23.3 Å². The zero-order valence-electron chi connectivity index (χ0n) is 15.9. The fourth-order valence-corrected chi connectivity index (χ4v) is 5.34. The van der Waals surface area contributed by atoms with Crippen LogP contribution in [0.5, 0.6) is 0 Å². The number of rotatable bonds is 5. The summed E-state index contributed by atoms with van der Waals surface area (Å²) in [6, 6.07) is 12.6. The molecule has 2 heterocycles. The Hall–Kier alpha value is -2.98. The molecule has 0 atom stereocenters. The first kappa shape index (κ1) is 20.3. The van der Waals surface area contributed by atoms with E-state index in [1.807, 2.05) is 12.1 Å². The fraction of sp³-hybridized carbons (Fsp3) is 0.150. The zero-order valence-corrected chi connectivity index (χ0v) is 17.5. The SMILES string of the molecule is CCN1c2ccccc2-c2nc(SCC(=O)Nc3ccc(F)cc3)ncc2S1(=O)=O. The van der Waals surface area contributed by atoms with Crippen molar-refractivity contribution in [2.75, 3.05) is 21.9 Å². The highest BCUT2D eigenvalue weighted by atomic mass is 32.2. The van der Waals surface area contributed by atoms with Gasteiger partial charge in [-0.1, -0.05) is 30.0 Å². The summed E-state index contributed by atoms with van der Waals surface area (Å²) in [6.07, 6.45) is 1.29. The van der Waals surface area contributed by atoms with Crippen LogP contribution in [0.3, 0.4) is 0 Å². The molecule has 4 rings (SSSR count). The number of aromatic nitrogens is 2. The van der Waals surface area contributed by atoms with Crippen molar-refractivity contribution in [2.24, 2.45) is 0 Å². The number of sulfonamides is 1. The molecule has 7 nitrogen and oxygen atoms in total. The number of anilines is 2. The number of para-hydroxylation sites is 1. The molecule has 30 heavy (non-hydrogen) atoms. The zero-order chi connectivity index (χ0) is 21.3. The van der Waals surface area contributed by atoms with E-state index in [4.69, 9.17) is 0 Å². The third-order valence-corrected chi connectivity index (χ3v) is 7.23. The summed E-state index contributed by atoms with van der Waals surface area (Å²) in [5, 5.41) is 2.95. The van der Waals surface area contributed by atoms with E-state index < -0.39 is 10.0 Å². The van der Waals surface area contributed by atoms with Crippen LogP contribution in [0.4, 0.5) is 15.8 Å². The molecule has 0 unspecified atom stereocenters. The van der Waals surface area contributed by atoms with Crippen molar-refractivity contribution in [3.63, 3.8) is 0 Å². The van der Waals surface area contributed by atoms with Gasteiger partial charge in [-0.05, 0) is 37.3 Å². The van der Waals surface area contributed by atoms with Crippen LogP contribution < -0.4 is 9.62 Å². The minimum absolute atomic E-state index is 0.0195. The Balaban J connectivity index is 1.57. The number of carbonyl (C=O) groups is 1.